The molecule has 1 fully saturated rings. The molecule has 1 aliphatic carbocycles. The van der Waals surface area contributed by atoms with E-state index in [2.05, 4.69) is 19.2 Å². The van der Waals surface area contributed by atoms with Gasteiger partial charge in [0.2, 0.25) is 0 Å². The van der Waals surface area contributed by atoms with Gasteiger partial charge in [0.1, 0.15) is 5.56 Å². The molecule has 0 aromatic carbocycles. The number of nitrogens with one attached hydrogen (secondary N) is 1. The number of aromatic nitrogens is 1. The molecular weight excluding hydrogens is 304 g/mol. The molecule has 1 aromatic heterocycles. The van der Waals surface area contributed by atoms with E-state index in [0.29, 0.717) is 30.9 Å². The fourth-order valence-corrected chi connectivity index (χ4v) is 3.23. The molecule has 0 radical (unpaired) electrons. The lowest BCUT2D eigenvalue weighted by Gasteiger charge is -2.32. The second-order valence-electron chi connectivity index (χ2n) is 7.52. The Kier molecular flexibility index (Phi) is 6.21. The topological polar surface area (TPSA) is 71.3 Å². The van der Waals surface area contributed by atoms with Crippen LogP contribution in [0.25, 0.3) is 0 Å². The highest BCUT2D eigenvalue weighted by Crippen LogP contribution is 2.27. The number of carbonyl (C=O) groups excluding carboxylic acids is 1. The third-order valence-electron chi connectivity index (χ3n) is 4.91. The summed E-state index contributed by atoms with van der Waals surface area (Å²) < 4.78 is 1.61. The average molecular weight is 334 g/mol. The van der Waals surface area contributed by atoms with Gasteiger partial charge >= 0.3 is 0 Å². The van der Waals surface area contributed by atoms with Crippen LogP contribution in [0.15, 0.2) is 17.1 Å². The van der Waals surface area contributed by atoms with E-state index in [0.717, 1.165) is 25.7 Å². The average Bonchev–Trinajstić information content (AvgIpc) is 2.53. The molecule has 0 aliphatic heterocycles. The second-order valence-corrected chi connectivity index (χ2v) is 7.52. The summed E-state index contributed by atoms with van der Waals surface area (Å²) in [4.78, 5) is 25.1. The van der Waals surface area contributed by atoms with Crippen LogP contribution in [-0.4, -0.2) is 27.7 Å². The first-order valence-electron chi connectivity index (χ1n) is 9.03. The Morgan fingerprint density at radius 1 is 1.33 bits per heavy atom. The van der Waals surface area contributed by atoms with E-state index in [1.807, 2.05) is 6.07 Å². The van der Waals surface area contributed by atoms with Gasteiger partial charge in [-0.3, -0.25) is 9.59 Å². The molecule has 0 saturated heterocycles. The zero-order chi connectivity index (χ0) is 17.7. The van der Waals surface area contributed by atoms with Gasteiger partial charge in [0.15, 0.2) is 0 Å². The van der Waals surface area contributed by atoms with E-state index in [4.69, 9.17) is 0 Å². The van der Waals surface area contributed by atoms with Crippen molar-refractivity contribution < 1.29 is 9.90 Å². The quantitative estimate of drug-likeness (QED) is 0.840. The number of pyridine rings is 1. The maximum absolute atomic E-state index is 12.6. The summed E-state index contributed by atoms with van der Waals surface area (Å²) in [5.41, 5.74) is -0.203. The van der Waals surface area contributed by atoms with Gasteiger partial charge in [0.05, 0.1) is 5.60 Å². The van der Waals surface area contributed by atoms with E-state index < -0.39 is 5.60 Å². The lowest BCUT2D eigenvalue weighted by atomic mass is 9.85. The fourth-order valence-electron chi connectivity index (χ4n) is 3.23. The summed E-state index contributed by atoms with van der Waals surface area (Å²) in [7, 11) is 0. The molecule has 1 aliphatic rings. The predicted octanol–water partition coefficient (Wildman–Crippen LogP) is 2.63. The zero-order valence-electron chi connectivity index (χ0n) is 15.1. The molecular formula is C19H30N2O3. The van der Waals surface area contributed by atoms with Crippen LogP contribution in [0.4, 0.5) is 0 Å². The molecule has 0 unspecified atom stereocenters. The Labute approximate surface area is 144 Å². The van der Waals surface area contributed by atoms with Crippen LogP contribution in [0.2, 0.25) is 0 Å². The Balaban J connectivity index is 2.10. The van der Waals surface area contributed by atoms with Crippen LogP contribution in [-0.2, 0) is 6.54 Å². The summed E-state index contributed by atoms with van der Waals surface area (Å²) >= 11 is 0. The van der Waals surface area contributed by atoms with Crippen molar-refractivity contribution in [1.29, 1.82) is 0 Å². The molecule has 1 saturated carbocycles. The molecule has 0 atom stereocenters. The Bertz CT molecular complexity index is 628. The van der Waals surface area contributed by atoms with Crippen LogP contribution < -0.4 is 10.9 Å². The highest BCUT2D eigenvalue weighted by atomic mass is 16.3. The minimum absolute atomic E-state index is 0.195. The minimum atomic E-state index is -0.826. The van der Waals surface area contributed by atoms with Gasteiger partial charge in [-0.2, -0.15) is 0 Å². The molecule has 0 spiro atoms. The van der Waals surface area contributed by atoms with Crippen LogP contribution >= 0.6 is 0 Å². The van der Waals surface area contributed by atoms with Gasteiger partial charge < -0.3 is 15.0 Å². The number of aliphatic hydroxyl groups is 1. The van der Waals surface area contributed by atoms with Gasteiger partial charge in [-0.1, -0.05) is 33.1 Å². The van der Waals surface area contributed by atoms with Gasteiger partial charge in [-0.25, -0.2) is 0 Å². The molecule has 24 heavy (non-hydrogen) atoms. The standard InChI is InChI=1S/C19H30N2O3/c1-14(2)7-11-21-12-8-15(3)16(18(21)23)17(22)20-13-19(24)9-5-4-6-10-19/h8,12,14,24H,4-7,9-11,13H2,1-3H3,(H,20,22). The Morgan fingerprint density at radius 2 is 2.00 bits per heavy atom. The fraction of sp³-hybridized carbons (Fsp3) is 0.684. The number of hydrogen-bond donors (Lipinski definition) is 2. The molecule has 134 valence electrons. The normalized spacial score (nSPS) is 17.0. The second kappa shape index (κ2) is 7.97. The highest BCUT2D eigenvalue weighted by molar-refractivity contribution is 5.95. The summed E-state index contributed by atoms with van der Waals surface area (Å²) in [6.07, 6.45) is 7.17. The van der Waals surface area contributed by atoms with Crippen LogP contribution in [0.3, 0.4) is 0 Å². The van der Waals surface area contributed by atoms with Crippen molar-refractivity contribution in [1.82, 2.24) is 9.88 Å². The maximum Gasteiger partial charge on any atom is 0.263 e. The molecule has 0 bridgehead atoms. The van der Waals surface area contributed by atoms with Gasteiger partial charge in [-0.15, -0.1) is 0 Å². The number of hydrogen-bond acceptors (Lipinski definition) is 3. The van der Waals surface area contributed by atoms with Crippen molar-refractivity contribution in [2.75, 3.05) is 6.54 Å². The molecule has 1 heterocycles. The number of carbonyl (C=O) groups is 1. The summed E-state index contributed by atoms with van der Waals surface area (Å²) in [6.45, 7) is 6.82. The third-order valence-corrected chi connectivity index (χ3v) is 4.91. The number of amides is 1. The Hall–Kier alpha value is -1.62. The third kappa shape index (κ3) is 4.69. The number of aryl methyl sites for hydroxylation is 2. The molecule has 5 nitrogen and oxygen atoms in total. The van der Waals surface area contributed by atoms with E-state index >= 15 is 0 Å². The van der Waals surface area contributed by atoms with E-state index in [1.165, 1.54) is 0 Å². The van der Waals surface area contributed by atoms with E-state index in [9.17, 15) is 14.7 Å². The summed E-state index contributed by atoms with van der Waals surface area (Å²) in [5.74, 6) is 0.117. The first-order valence-corrected chi connectivity index (χ1v) is 9.03. The van der Waals surface area contributed by atoms with Crippen molar-refractivity contribution >= 4 is 5.91 Å². The van der Waals surface area contributed by atoms with Crippen molar-refractivity contribution in [2.45, 2.75) is 71.4 Å². The van der Waals surface area contributed by atoms with Gasteiger partial charge in [-0.05, 0) is 43.7 Å². The summed E-state index contributed by atoms with van der Waals surface area (Å²) in [5, 5.41) is 13.3. The predicted molar refractivity (Wildman–Crippen MR) is 95.3 cm³/mol. The SMILES string of the molecule is Cc1ccn(CCC(C)C)c(=O)c1C(=O)NCC1(O)CCCCC1. The van der Waals surface area contributed by atoms with Crippen LogP contribution in [0, 0.1) is 12.8 Å². The molecule has 1 amide bonds. The first-order chi connectivity index (χ1) is 11.3. The van der Waals surface area contributed by atoms with E-state index in [1.54, 1.807) is 17.7 Å². The maximum atomic E-state index is 12.6. The lowest BCUT2D eigenvalue weighted by Crippen LogP contribution is -2.45. The first kappa shape index (κ1) is 18.7. The van der Waals surface area contributed by atoms with Crippen molar-refractivity contribution in [3.05, 3.63) is 33.7 Å². The van der Waals surface area contributed by atoms with Gasteiger partial charge in [0.25, 0.3) is 11.5 Å². The van der Waals surface area contributed by atoms with Crippen molar-refractivity contribution in [2.24, 2.45) is 5.92 Å². The Morgan fingerprint density at radius 3 is 2.62 bits per heavy atom. The van der Waals surface area contributed by atoms with Crippen molar-refractivity contribution in [3.8, 4) is 0 Å². The minimum Gasteiger partial charge on any atom is -0.388 e. The molecule has 1 aromatic rings. The van der Waals surface area contributed by atoms with Gasteiger partial charge in [0, 0.05) is 19.3 Å². The zero-order valence-corrected chi connectivity index (χ0v) is 15.1. The van der Waals surface area contributed by atoms with Crippen LogP contribution in [0.5, 0.6) is 0 Å². The molecule has 2 rings (SSSR count). The summed E-state index contributed by atoms with van der Waals surface area (Å²) in [6, 6.07) is 1.81. The van der Waals surface area contributed by atoms with E-state index in [-0.39, 0.29) is 23.6 Å². The highest BCUT2D eigenvalue weighted by Gasteiger charge is 2.30. The monoisotopic (exact) mass is 334 g/mol. The number of rotatable bonds is 6. The lowest BCUT2D eigenvalue weighted by molar-refractivity contribution is 0.00523. The smallest absolute Gasteiger partial charge is 0.263 e. The molecule has 5 heteroatoms. The van der Waals surface area contributed by atoms with Crippen molar-refractivity contribution in [3.63, 3.8) is 0 Å². The molecule has 2 N–H and O–H groups in total. The van der Waals surface area contributed by atoms with Crippen LogP contribution in [0.1, 0.15) is 68.3 Å². The largest absolute Gasteiger partial charge is 0.388 e. The number of nitrogens with zero attached hydrogens (tertiary/aromatic N) is 1.